The first kappa shape index (κ1) is 33.6. The maximum absolute atomic E-state index is 12.9. The normalized spacial score (nSPS) is 17.7. The molecule has 3 aromatic carbocycles. The first-order valence-electron chi connectivity index (χ1n) is 17.0. The molecule has 3 fully saturated rings. The molecule has 0 spiro atoms. The van der Waals surface area contributed by atoms with Crippen LogP contribution in [0.5, 0.6) is 0 Å². The van der Waals surface area contributed by atoms with E-state index in [1.54, 1.807) is 6.92 Å². The lowest BCUT2D eigenvalue weighted by Gasteiger charge is -2.36. The summed E-state index contributed by atoms with van der Waals surface area (Å²) in [6, 6.07) is 20.6. The molecule has 3 aliphatic heterocycles. The lowest BCUT2D eigenvalue weighted by Crippen LogP contribution is -2.47. The van der Waals surface area contributed by atoms with Crippen molar-refractivity contribution < 1.29 is 9.59 Å². The summed E-state index contributed by atoms with van der Waals surface area (Å²) in [5.41, 5.74) is 6.31. The third-order valence-electron chi connectivity index (χ3n) is 9.80. The van der Waals surface area contributed by atoms with Crippen molar-refractivity contribution in [3.05, 3.63) is 93.0 Å². The average molecular weight is 678 g/mol. The molecule has 0 bridgehead atoms. The van der Waals surface area contributed by atoms with Gasteiger partial charge in [0.05, 0.1) is 0 Å². The Morgan fingerprint density at radius 3 is 2.00 bits per heavy atom. The van der Waals surface area contributed by atoms with Crippen LogP contribution in [0.1, 0.15) is 46.8 Å². The number of hydrogen-bond acceptors (Lipinski definition) is 6. The molecule has 6 rings (SSSR count). The lowest BCUT2D eigenvalue weighted by atomic mass is 10.1. The van der Waals surface area contributed by atoms with E-state index in [1.165, 1.54) is 18.5 Å². The summed E-state index contributed by atoms with van der Waals surface area (Å²) in [6.07, 6.45) is 3.30. The Morgan fingerprint density at radius 2 is 1.34 bits per heavy atom. The minimum atomic E-state index is -0.0502. The van der Waals surface area contributed by atoms with E-state index < -0.39 is 0 Å². The van der Waals surface area contributed by atoms with Gasteiger partial charge in [0.15, 0.2) is 0 Å². The van der Waals surface area contributed by atoms with E-state index in [2.05, 4.69) is 73.4 Å². The van der Waals surface area contributed by atoms with Crippen LogP contribution in [0, 0.1) is 0 Å². The second-order valence-electron chi connectivity index (χ2n) is 13.0. The number of anilines is 2. The quantitative estimate of drug-likeness (QED) is 0.304. The minimum absolute atomic E-state index is 0.0502. The number of carbonyl (C=O) groups excluding carboxylic acids is 2. The van der Waals surface area contributed by atoms with Crippen LogP contribution < -0.4 is 15.1 Å². The average Bonchev–Trinajstić information content (AvgIpc) is 3.63. The Bertz CT molecular complexity index is 1510. The number of benzene rings is 3. The van der Waals surface area contributed by atoms with Crippen molar-refractivity contribution in [3.63, 3.8) is 0 Å². The van der Waals surface area contributed by atoms with Gasteiger partial charge < -0.3 is 20.0 Å². The van der Waals surface area contributed by atoms with Crippen molar-refractivity contribution in [3.8, 4) is 0 Å². The third kappa shape index (κ3) is 8.79. The van der Waals surface area contributed by atoms with Crippen LogP contribution in [-0.2, 0) is 24.3 Å². The number of halogens is 2. The van der Waals surface area contributed by atoms with E-state index in [-0.39, 0.29) is 11.8 Å². The topological polar surface area (TPSA) is 62.4 Å². The molecule has 250 valence electrons. The molecule has 8 nitrogen and oxygen atoms in total. The predicted molar refractivity (Wildman–Crippen MR) is 192 cm³/mol. The first-order chi connectivity index (χ1) is 22.8. The van der Waals surface area contributed by atoms with Crippen molar-refractivity contribution in [2.75, 3.05) is 81.8 Å². The molecule has 0 atom stereocenters. The number of amides is 2. The van der Waals surface area contributed by atoms with Crippen molar-refractivity contribution in [1.82, 2.24) is 20.0 Å². The highest BCUT2D eigenvalue weighted by molar-refractivity contribution is 6.36. The molecule has 10 heteroatoms. The molecule has 0 aromatic heterocycles. The zero-order chi connectivity index (χ0) is 32.8. The Morgan fingerprint density at radius 1 is 0.702 bits per heavy atom. The van der Waals surface area contributed by atoms with Crippen LogP contribution in [-0.4, -0.2) is 98.5 Å². The van der Waals surface area contributed by atoms with Crippen LogP contribution in [0.25, 0.3) is 0 Å². The van der Waals surface area contributed by atoms with Gasteiger partial charge in [0.2, 0.25) is 5.91 Å². The Balaban J connectivity index is 0.936. The van der Waals surface area contributed by atoms with Crippen LogP contribution in [0.4, 0.5) is 11.4 Å². The van der Waals surface area contributed by atoms with Gasteiger partial charge in [-0.1, -0.05) is 35.3 Å². The highest BCUT2D eigenvalue weighted by atomic mass is 35.5. The number of piperazine rings is 2. The maximum Gasteiger partial charge on any atom is 0.251 e. The summed E-state index contributed by atoms with van der Waals surface area (Å²) < 4.78 is 0. The zero-order valence-corrected chi connectivity index (χ0v) is 28.9. The molecular formula is C37H46Cl2N6O2. The van der Waals surface area contributed by atoms with Gasteiger partial charge in [-0.05, 0) is 84.5 Å². The molecule has 0 unspecified atom stereocenters. The number of carbonyl (C=O) groups is 2. The van der Waals surface area contributed by atoms with Gasteiger partial charge >= 0.3 is 0 Å². The van der Waals surface area contributed by atoms with Gasteiger partial charge in [-0.15, -0.1) is 0 Å². The molecule has 2 amide bonds. The van der Waals surface area contributed by atoms with Crippen molar-refractivity contribution >= 4 is 46.4 Å². The highest BCUT2D eigenvalue weighted by Crippen LogP contribution is 2.29. The number of hydrogen-bond donors (Lipinski definition) is 1. The number of rotatable bonds is 10. The summed E-state index contributed by atoms with van der Waals surface area (Å²) in [5.74, 6) is 0.0908. The van der Waals surface area contributed by atoms with Crippen LogP contribution in [0.3, 0.4) is 0 Å². The number of nitrogens with one attached hydrogen (secondary N) is 1. The molecule has 0 radical (unpaired) electrons. The van der Waals surface area contributed by atoms with Gasteiger partial charge in [0.25, 0.3) is 5.91 Å². The summed E-state index contributed by atoms with van der Waals surface area (Å²) in [4.78, 5) is 36.0. The molecule has 0 saturated carbocycles. The fourth-order valence-corrected chi connectivity index (χ4v) is 7.63. The van der Waals surface area contributed by atoms with Gasteiger partial charge in [-0.2, -0.15) is 0 Å². The van der Waals surface area contributed by atoms with E-state index in [0.717, 1.165) is 117 Å². The van der Waals surface area contributed by atoms with Crippen LogP contribution >= 0.6 is 23.2 Å². The Kier molecular flexibility index (Phi) is 11.2. The Hall–Kier alpha value is -3.30. The lowest BCUT2D eigenvalue weighted by molar-refractivity contribution is -0.130. The second-order valence-corrected chi connectivity index (χ2v) is 13.8. The fraction of sp³-hybridized carbons (Fsp3) is 0.459. The molecule has 3 saturated heterocycles. The van der Waals surface area contributed by atoms with Gasteiger partial charge in [-0.3, -0.25) is 19.4 Å². The zero-order valence-electron chi connectivity index (χ0n) is 27.4. The second kappa shape index (κ2) is 15.7. The van der Waals surface area contributed by atoms with Crippen molar-refractivity contribution in [1.29, 1.82) is 0 Å². The van der Waals surface area contributed by atoms with E-state index in [0.29, 0.717) is 12.1 Å². The number of nitrogens with zero attached hydrogens (tertiary/aromatic N) is 5. The van der Waals surface area contributed by atoms with E-state index in [1.807, 2.05) is 17.0 Å². The van der Waals surface area contributed by atoms with Crippen molar-refractivity contribution in [2.24, 2.45) is 0 Å². The summed E-state index contributed by atoms with van der Waals surface area (Å²) in [5, 5.41) is 4.55. The summed E-state index contributed by atoms with van der Waals surface area (Å²) in [6.45, 7) is 13.1. The van der Waals surface area contributed by atoms with Crippen LogP contribution in [0.15, 0.2) is 60.7 Å². The molecule has 1 N–H and O–H groups in total. The molecule has 3 aliphatic rings. The van der Waals surface area contributed by atoms with Gasteiger partial charge in [0.1, 0.15) is 0 Å². The van der Waals surface area contributed by atoms with Crippen LogP contribution in [0.2, 0.25) is 10.0 Å². The van der Waals surface area contributed by atoms with Crippen molar-refractivity contribution in [2.45, 2.75) is 39.3 Å². The highest BCUT2D eigenvalue weighted by Gasteiger charge is 2.21. The molecule has 0 aliphatic carbocycles. The summed E-state index contributed by atoms with van der Waals surface area (Å²) >= 11 is 13.5. The molecule has 3 aromatic rings. The van der Waals surface area contributed by atoms with E-state index >= 15 is 0 Å². The standard InChI is InChI=1S/C37H46Cl2N6O2/c1-28(46)43-19-17-42(18-20-43)27-30-24-35(38)34(36(39)25-30)11-14-41-15-21-45(22-16-41)32-9-7-31(8-10-32)37(47)40-26-29-5-4-6-33(23-29)44-12-2-3-13-44/h4-10,23-25H,2-3,11-22,26-27H2,1H3,(H,40,47). The predicted octanol–water partition coefficient (Wildman–Crippen LogP) is 5.55. The SMILES string of the molecule is CC(=O)N1CCN(Cc2cc(Cl)c(CCN3CCN(c4ccc(C(=O)NCc5cccc(N6CCCC6)c5)cc4)CC3)c(Cl)c2)CC1. The molecule has 3 heterocycles. The maximum atomic E-state index is 12.9. The first-order valence-corrected chi connectivity index (χ1v) is 17.7. The van der Waals surface area contributed by atoms with Gasteiger partial charge in [0, 0.05) is 119 Å². The van der Waals surface area contributed by atoms with E-state index in [9.17, 15) is 9.59 Å². The molecule has 47 heavy (non-hydrogen) atoms. The molecular weight excluding hydrogens is 631 g/mol. The monoisotopic (exact) mass is 676 g/mol. The summed E-state index contributed by atoms with van der Waals surface area (Å²) in [7, 11) is 0. The Labute approximate surface area is 289 Å². The minimum Gasteiger partial charge on any atom is -0.372 e. The fourth-order valence-electron chi connectivity index (χ4n) is 6.91. The van der Waals surface area contributed by atoms with Gasteiger partial charge in [-0.25, -0.2) is 0 Å². The largest absolute Gasteiger partial charge is 0.372 e. The smallest absolute Gasteiger partial charge is 0.251 e. The van der Waals surface area contributed by atoms with E-state index in [4.69, 9.17) is 23.2 Å². The third-order valence-corrected chi connectivity index (χ3v) is 10.5.